The highest BCUT2D eigenvalue weighted by atomic mass is 32.1. The Morgan fingerprint density at radius 1 is 1.28 bits per heavy atom. The number of phenols is 1. The topological polar surface area (TPSA) is 23.5 Å². The predicted octanol–water partition coefficient (Wildman–Crippen LogP) is 3.57. The van der Waals surface area contributed by atoms with Crippen molar-refractivity contribution in [2.45, 2.75) is 25.9 Å². The summed E-state index contributed by atoms with van der Waals surface area (Å²) in [5.41, 5.74) is 2.48. The number of benzene rings is 1. The SMILES string of the molecule is C[C@H](c1ccccc1O)N1CCc2sccc2C1. The summed E-state index contributed by atoms with van der Waals surface area (Å²) in [7, 11) is 0. The summed E-state index contributed by atoms with van der Waals surface area (Å²) in [6, 6.07) is 10.1. The number of rotatable bonds is 2. The fourth-order valence-electron chi connectivity index (χ4n) is 2.64. The van der Waals surface area contributed by atoms with E-state index >= 15 is 0 Å². The molecule has 2 heterocycles. The lowest BCUT2D eigenvalue weighted by molar-refractivity contribution is 0.190. The molecular weight excluding hydrogens is 242 g/mol. The maximum absolute atomic E-state index is 9.94. The van der Waals surface area contributed by atoms with Gasteiger partial charge in [-0.3, -0.25) is 4.90 Å². The average molecular weight is 259 g/mol. The van der Waals surface area contributed by atoms with Gasteiger partial charge in [0.05, 0.1) is 0 Å². The molecule has 94 valence electrons. The number of hydrogen-bond donors (Lipinski definition) is 1. The third kappa shape index (κ3) is 2.04. The van der Waals surface area contributed by atoms with Gasteiger partial charge in [0.15, 0.2) is 0 Å². The van der Waals surface area contributed by atoms with Gasteiger partial charge in [0.2, 0.25) is 0 Å². The number of thiophene rings is 1. The van der Waals surface area contributed by atoms with E-state index in [0.717, 1.165) is 25.1 Å². The Labute approximate surface area is 112 Å². The van der Waals surface area contributed by atoms with Crippen LogP contribution >= 0.6 is 11.3 Å². The highest BCUT2D eigenvalue weighted by Crippen LogP contribution is 2.33. The number of nitrogens with zero attached hydrogens (tertiary/aromatic N) is 1. The van der Waals surface area contributed by atoms with Crippen molar-refractivity contribution in [3.8, 4) is 5.75 Å². The molecule has 0 radical (unpaired) electrons. The molecule has 3 rings (SSSR count). The molecule has 0 spiro atoms. The molecule has 0 bridgehead atoms. The summed E-state index contributed by atoms with van der Waals surface area (Å²) >= 11 is 1.86. The standard InChI is InChI=1S/C15H17NOS/c1-11(13-4-2-3-5-14(13)17)16-8-6-15-12(10-16)7-9-18-15/h2-5,7,9,11,17H,6,8,10H2,1H3/t11-/m1/s1. The molecule has 0 aliphatic carbocycles. The largest absolute Gasteiger partial charge is 0.508 e. The molecule has 0 amide bonds. The van der Waals surface area contributed by atoms with Gasteiger partial charge in [-0.05, 0) is 36.4 Å². The van der Waals surface area contributed by atoms with Gasteiger partial charge in [0.1, 0.15) is 5.75 Å². The second-order valence-electron chi connectivity index (χ2n) is 4.82. The molecule has 2 aromatic rings. The Bertz CT molecular complexity index is 549. The van der Waals surface area contributed by atoms with Crippen molar-refractivity contribution in [1.82, 2.24) is 4.90 Å². The third-order valence-electron chi connectivity index (χ3n) is 3.77. The monoisotopic (exact) mass is 259 g/mol. The van der Waals surface area contributed by atoms with Crippen LogP contribution in [0.5, 0.6) is 5.75 Å². The van der Waals surface area contributed by atoms with Gasteiger partial charge in [-0.1, -0.05) is 18.2 Å². The van der Waals surface area contributed by atoms with E-state index in [4.69, 9.17) is 0 Å². The van der Waals surface area contributed by atoms with Crippen molar-refractivity contribution in [2.24, 2.45) is 0 Å². The first kappa shape index (κ1) is 11.8. The van der Waals surface area contributed by atoms with Crippen LogP contribution in [-0.2, 0) is 13.0 Å². The average Bonchev–Trinajstić information content (AvgIpc) is 2.85. The van der Waals surface area contributed by atoms with Gasteiger partial charge >= 0.3 is 0 Å². The van der Waals surface area contributed by atoms with E-state index in [1.807, 2.05) is 29.5 Å². The lowest BCUT2D eigenvalue weighted by Gasteiger charge is -2.32. The quantitative estimate of drug-likeness (QED) is 0.891. The predicted molar refractivity (Wildman–Crippen MR) is 75.0 cm³/mol. The first-order valence-electron chi connectivity index (χ1n) is 6.33. The fourth-order valence-corrected chi connectivity index (χ4v) is 3.53. The van der Waals surface area contributed by atoms with Crippen molar-refractivity contribution in [3.63, 3.8) is 0 Å². The molecule has 18 heavy (non-hydrogen) atoms. The summed E-state index contributed by atoms with van der Waals surface area (Å²) in [4.78, 5) is 3.96. The Morgan fingerprint density at radius 3 is 2.94 bits per heavy atom. The van der Waals surface area contributed by atoms with Crippen molar-refractivity contribution >= 4 is 11.3 Å². The Hall–Kier alpha value is -1.32. The first-order chi connectivity index (χ1) is 8.75. The van der Waals surface area contributed by atoms with Gasteiger partial charge in [-0.25, -0.2) is 0 Å². The zero-order valence-corrected chi connectivity index (χ0v) is 11.3. The molecule has 0 saturated heterocycles. The van der Waals surface area contributed by atoms with E-state index in [9.17, 15) is 5.11 Å². The van der Waals surface area contributed by atoms with Crippen molar-refractivity contribution in [3.05, 3.63) is 51.7 Å². The molecular formula is C15H17NOS. The lowest BCUT2D eigenvalue weighted by Crippen LogP contribution is -2.32. The summed E-state index contributed by atoms with van der Waals surface area (Å²) in [6.45, 7) is 4.24. The summed E-state index contributed by atoms with van der Waals surface area (Å²) < 4.78 is 0. The molecule has 1 N–H and O–H groups in total. The Balaban J connectivity index is 1.83. The molecule has 0 saturated carbocycles. The van der Waals surface area contributed by atoms with Gasteiger partial charge in [0.25, 0.3) is 0 Å². The van der Waals surface area contributed by atoms with Crippen LogP contribution in [0.2, 0.25) is 0 Å². The van der Waals surface area contributed by atoms with Gasteiger partial charge in [0, 0.05) is 29.6 Å². The van der Waals surface area contributed by atoms with Gasteiger partial charge in [-0.2, -0.15) is 0 Å². The maximum atomic E-state index is 9.94. The zero-order chi connectivity index (χ0) is 12.5. The fraction of sp³-hybridized carbons (Fsp3) is 0.333. The lowest BCUT2D eigenvalue weighted by atomic mass is 10.0. The molecule has 0 fully saturated rings. The molecule has 0 unspecified atom stereocenters. The van der Waals surface area contributed by atoms with Crippen LogP contribution in [0, 0.1) is 0 Å². The van der Waals surface area contributed by atoms with Crippen LogP contribution in [-0.4, -0.2) is 16.6 Å². The minimum Gasteiger partial charge on any atom is -0.508 e. The summed E-state index contributed by atoms with van der Waals surface area (Å²) in [5, 5.41) is 12.1. The molecule has 1 aromatic heterocycles. The number of para-hydroxylation sites is 1. The summed E-state index contributed by atoms with van der Waals surface area (Å²) in [6.07, 6.45) is 1.13. The van der Waals surface area contributed by atoms with Crippen LogP contribution in [0.1, 0.15) is 29.0 Å². The first-order valence-corrected chi connectivity index (χ1v) is 7.21. The zero-order valence-electron chi connectivity index (χ0n) is 10.5. The molecule has 2 nitrogen and oxygen atoms in total. The molecule has 3 heteroatoms. The second-order valence-corrected chi connectivity index (χ2v) is 5.82. The van der Waals surface area contributed by atoms with E-state index in [-0.39, 0.29) is 6.04 Å². The molecule has 1 atom stereocenters. The smallest absolute Gasteiger partial charge is 0.120 e. The minimum absolute atomic E-state index is 0.263. The van der Waals surface area contributed by atoms with Crippen LogP contribution in [0.25, 0.3) is 0 Å². The van der Waals surface area contributed by atoms with E-state index in [1.165, 1.54) is 10.4 Å². The van der Waals surface area contributed by atoms with Gasteiger partial charge in [-0.15, -0.1) is 11.3 Å². The van der Waals surface area contributed by atoms with Crippen molar-refractivity contribution < 1.29 is 5.11 Å². The van der Waals surface area contributed by atoms with Crippen LogP contribution < -0.4 is 0 Å². The Kier molecular flexibility index (Phi) is 3.10. The van der Waals surface area contributed by atoms with Crippen molar-refractivity contribution in [2.75, 3.05) is 6.54 Å². The number of phenolic OH excluding ortho intramolecular Hbond substituents is 1. The van der Waals surface area contributed by atoms with E-state index < -0.39 is 0 Å². The number of fused-ring (bicyclic) bond motifs is 1. The highest BCUT2D eigenvalue weighted by Gasteiger charge is 2.23. The number of hydrogen-bond acceptors (Lipinski definition) is 3. The van der Waals surface area contributed by atoms with E-state index in [1.54, 1.807) is 6.07 Å². The number of aromatic hydroxyl groups is 1. The minimum atomic E-state index is 0.263. The highest BCUT2D eigenvalue weighted by molar-refractivity contribution is 7.10. The van der Waals surface area contributed by atoms with Crippen LogP contribution in [0.4, 0.5) is 0 Å². The Morgan fingerprint density at radius 2 is 2.11 bits per heavy atom. The maximum Gasteiger partial charge on any atom is 0.120 e. The van der Waals surface area contributed by atoms with Gasteiger partial charge < -0.3 is 5.11 Å². The van der Waals surface area contributed by atoms with Crippen molar-refractivity contribution in [1.29, 1.82) is 0 Å². The molecule has 1 aliphatic heterocycles. The second kappa shape index (κ2) is 4.75. The van der Waals surface area contributed by atoms with E-state index in [2.05, 4.69) is 23.3 Å². The van der Waals surface area contributed by atoms with E-state index in [0.29, 0.717) is 5.75 Å². The van der Waals surface area contributed by atoms with Crippen LogP contribution in [0.3, 0.4) is 0 Å². The molecule has 1 aliphatic rings. The summed E-state index contributed by atoms with van der Waals surface area (Å²) in [5.74, 6) is 0.404. The normalized spacial score (nSPS) is 17.4. The molecule has 1 aromatic carbocycles. The van der Waals surface area contributed by atoms with Crippen LogP contribution in [0.15, 0.2) is 35.7 Å². The third-order valence-corrected chi connectivity index (χ3v) is 4.79.